The SMILES string of the molecule is CCOC(=O)c1[nH]c(C)c(C#CCC(=O)OC)c1C. The summed E-state index contributed by atoms with van der Waals surface area (Å²) in [7, 11) is 1.32. The molecule has 0 saturated heterocycles. The number of aromatic nitrogens is 1. The molecule has 0 radical (unpaired) electrons. The van der Waals surface area contributed by atoms with Gasteiger partial charge >= 0.3 is 11.9 Å². The number of aromatic amines is 1. The Labute approximate surface area is 112 Å². The Morgan fingerprint density at radius 2 is 2.00 bits per heavy atom. The number of carbonyl (C=O) groups excluding carboxylic acids is 2. The highest BCUT2D eigenvalue weighted by Gasteiger charge is 2.17. The van der Waals surface area contributed by atoms with Gasteiger partial charge in [-0.2, -0.15) is 0 Å². The summed E-state index contributed by atoms with van der Waals surface area (Å²) in [5.41, 5.74) is 2.62. The van der Waals surface area contributed by atoms with Crippen molar-refractivity contribution in [2.24, 2.45) is 0 Å². The second-order valence-electron chi connectivity index (χ2n) is 3.90. The van der Waals surface area contributed by atoms with E-state index in [1.54, 1.807) is 13.8 Å². The van der Waals surface area contributed by atoms with Crippen molar-refractivity contribution in [3.8, 4) is 11.8 Å². The predicted octanol–water partition coefficient (Wildman–Crippen LogP) is 1.72. The summed E-state index contributed by atoms with van der Waals surface area (Å²) in [5.74, 6) is 4.81. The third-order valence-electron chi connectivity index (χ3n) is 2.59. The van der Waals surface area contributed by atoms with Gasteiger partial charge in [0.05, 0.1) is 13.7 Å². The minimum absolute atomic E-state index is 0.0231. The number of esters is 2. The Morgan fingerprint density at radius 3 is 2.58 bits per heavy atom. The normalized spacial score (nSPS) is 9.47. The average Bonchev–Trinajstić information content (AvgIpc) is 2.66. The van der Waals surface area contributed by atoms with Crippen molar-refractivity contribution in [2.45, 2.75) is 27.2 Å². The van der Waals surface area contributed by atoms with Crippen molar-refractivity contribution in [1.29, 1.82) is 0 Å². The molecule has 1 heterocycles. The molecule has 1 aromatic rings. The number of hydrogen-bond acceptors (Lipinski definition) is 4. The summed E-state index contributed by atoms with van der Waals surface area (Å²) < 4.78 is 9.45. The quantitative estimate of drug-likeness (QED) is 0.666. The Bertz CT molecular complexity index is 546. The van der Waals surface area contributed by atoms with E-state index in [1.165, 1.54) is 7.11 Å². The van der Waals surface area contributed by atoms with E-state index in [1.807, 2.05) is 6.92 Å². The van der Waals surface area contributed by atoms with Crippen LogP contribution in [0.2, 0.25) is 0 Å². The highest BCUT2D eigenvalue weighted by molar-refractivity contribution is 5.90. The van der Waals surface area contributed by atoms with Crippen LogP contribution in [-0.4, -0.2) is 30.6 Å². The zero-order chi connectivity index (χ0) is 14.4. The lowest BCUT2D eigenvalue weighted by atomic mass is 10.1. The van der Waals surface area contributed by atoms with Crippen molar-refractivity contribution in [3.05, 3.63) is 22.5 Å². The van der Waals surface area contributed by atoms with E-state index in [-0.39, 0.29) is 12.4 Å². The summed E-state index contributed by atoms with van der Waals surface area (Å²) in [6, 6.07) is 0. The molecule has 0 fully saturated rings. The molecule has 1 aromatic heterocycles. The summed E-state index contributed by atoms with van der Waals surface area (Å²) in [6.45, 7) is 5.68. The van der Waals surface area contributed by atoms with Gasteiger partial charge in [0, 0.05) is 11.3 Å². The average molecular weight is 263 g/mol. The van der Waals surface area contributed by atoms with E-state index < -0.39 is 5.97 Å². The first-order valence-corrected chi connectivity index (χ1v) is 5.93. The van der Waals surface area contributed by atoms with E-state index in [2.05, 4.69) is 21.6 Å². The molecule has 0 atom stereocenters. The van der Waals surface area contributed by atoms with Crippen LogP contribution in [0.1, 0.15) is 40.7 Å². The lowest BCUT2D eigenvalue weighted by Crippen LogP contribution is -2.06. The van der Waals surface area contributed by atoms with Gasteiger partial charge in [0.25, 0.3) is 0 Å². The third kappa shape index (κ3) is 3.62. The molecule has 0 bridgehead atoms. The zero-order valence-corrected chi connectivity index (χ0v) is 11.5. The van der Waals surface area contributed by atoms with Crippen LogP contribution in [0.5, 0.6) is 0 Å². The molecular weight excluding hydrogens is 246 g/mol. The molecule has 5 nitrogen and oxygen atoms in total. The topological polar surface area (TPSA) is 68.4 Å². The van der Waals surface area contributed by atoms with Gasteiger partial charge in [-0.3, -0.25) is 4.79 Å². The number of carbonyl (C=O) groups is 2. The van der Waals surface area contributed by atoms with E-state index in [0.717, 1.165) is 11.3 Å². The summed E-state index contributed by atoms with van der Waals surface area (Å²) in [6.07, 6.45) is 0.0231. The largest absolute Gasteiger partial charge is 0.468 e. The van der Waals surface area contributed by atoms with Crippen molar-refractivity contribution in [2.75, 3.05) is 13.7 Å². The van der Waals surface area contributed by atoms with Crippen molar-refractivity contribution in [3.63, 3.8) is 0 Å². The van der Waals surface area contributed by atoms with Gasteiger partial charge in [-0.15, -0.1) is 0 Å². The molecule has 0 aliphatic rings. The molecule has 0 saturated carbocycles. The fraction of sp³-hybridized carbons (Fsp3) is 0.429. The molecule has 0 aliphatic heterocycles. The summed E-state index contributed by atoms with van der Waals surface area (Å²) in [4.78, 5) is 25.6. The van der Waals surface area contributed by atoms with Crippen LogP contribution >= 0.6 is 0 Å². The first-order chi connectivity index (χ1) is 9.01. The minimum Gasteiger partial charge on any atom is -0.468 e. The molecule has 0 aliphatic carbocycles. The van der Waals surface area contributed by atoms with Gasteiger partial charge in [-0.25, -0.2) is 4.79 Å². The maximum atomic E-state index is 11.7. The highest BCUT2D eigenvalue weighted by atomic mass is 16.5. The van der Waals surface area contributed by atoms with E-state index in [9.17, 15) is 9.59 Å². The summed E-state index contributed by atoms with van der Waals surface area (Å²) >= 11 is 0. The molecule has 0 amide bonds. The van der Waals surface area contributed by atoms with E-state index in [0.29, 0.717) is 17.9 Å². The molecule has 0 spiro atoms. The first-order valence-electron chi connectivity index (χ1n) is 5.93. The van der Waals surface area contributed by atoms with Crippen LogP contribution in [0.15, 0.2) is 0 Å². The number of methoxy groups -OCH3 is 1. The second-order valence-corrected chi connectivity index (χ2v) is 3.90. The van der Waals surface area contributed by atoms with Gasteiger partial charge in [0.15, 0.2) is 0 Å². The minimum atomic E-state index is -0.399. The first kappa shape index (κ1) is 14.8. The molecule has 19 heavy (non-hydrogen) atoms. The highest BCUT2D eigenvalue weighted by Crippen LogP contribution is 2.17. The maximum Gasteiger partial charge on any atom is 0.355 e. The van der Waals surface area contributed by atoms with Gasteiger partial charge in [-0.05, 0) is 26.3 Å². The molecule has 0 unspecified atom stereocenters. The lowest BCUT2D eigenvalue weighted by Gasteiger charge is -1.99. The number of hydrogen-bond donors (Lipinski definition) is 1. The number of nitrogens with one attached hydrogen (secondary N) is 1. The van der Waals surface area contributed by atoms with Gasteiger partial charge < -0.3 is 14.5 Å². The zero-order valence-electron chi connectivity index (χ0n) is 11.5. The Morgan fingerprint density at radius 1 is 1.32 bits per heavy atom. The van der Waals surface area contributed by atoms with Crippen LogP contribution < -0.4 is 0 Å². The van der Waals surface area contributed by atoms with Crippen molar-refractivity contribution in [1.82, 2.24) is 4.98 Å². The second kappa shape index (κ2) is 6.64. The standard InChI is InChI=1S/C14H17NO4/c1-5-19-14(17)13-9(2)11(10(3)15-13)7-6-8-12(16)18-4/h15H,5,8H2,1-4H3. The molecule has 1 rings (SSSR count). The number of aryl methyl sites for hydroxylation is 1. The fourth-order valence-electron chi connectivity index (χ4n) is 1.62. The molecule has 102 valence electrons. The fourth-order valence-corrected chi connectivity index (χ4v) is 1.62. The molecule has 0 aromatic carbocycles. The van der Waals surface area contributed by atoms with Crippen LogP contribution in [-0.2, 0) is 14.3 Å². The van der Waals surface area contributed by atoms with Crippen LogP contribution in [0.25, 0.3) is 0 Å². The number of H-pyrrole nitrogens is 1. The van der Waals surface area contributed by atoms with Crippen molar-refractivity contribution < 1.29 is 19.1 Å². The Kier molecular flexibility index (Phi) is 5.19. The van der Waals surface area contributed by atoms with Gasteiger partial charge in [-0.1, -0.05) is 11.8 Å². The third-order valence-corrected chi connectivity index (χ3v) is 2.59. The predicted molar refractivity (Wildman–Crippen MR) is 69.7 cm³/mol. The van der Waals surface area contributed by atoms with Crippen LogP contribution in [0.3, 0.4) is 0 Å². The monoisotopic (exact) mass is 263 g/mol. The van der Waals surface area contributed by atoms with E-state index in [4.69, 9.17) is 4.74 Å². The Balaban J connectivity index is 2.97. The summed E-state index contributed by atoms with van der Waals surface area (Å²) in [5, 5.41) is 0. The van der Waals surface area contributed by atoms with Crippen LogP contribution in [0.4, 0.5) is 0 Å². The maximum absolute atomic E-state index is 11.7. The van der Waals surface area contributed by atoms with Crippen LogP contribution in [0, 0.1) is 25.7 Å². The smallest absolute Gasteiger partial charge is 0.355 e. The molecular formula is C14H17NO4. The number of rotatable bonds is 3. The molecule has 5 heteroatoms. The van der Waals surface area contributed by atoms with E-state index >= 15 is 0 Å². The van der Waals surface area contributed by atoms with Gasteiger partial charge in [0.2, 0.25) is 0 Å². The van der Waals surface area contributed by atoms with Crippen molar-refractivity contribution >= 4 is 11.9 Å². The lowest BCUT2D eigenvalue weighted by molar-refractivity contribution is -0.139. The Hall–Kier alpha value is -2.22. The molecule has 1 N–H and O–H groups in total. The van der Waals surface area contributed by atoms with Gasteiger partial charge in [0.1, 0.15) is 12.1 Å². The number of ether oxygens (including phenoxy) is 2.